The standard InChI is InChI=1S/C8H12N2O3/c1-5-8(13-6(2)10-5)9-4-3-7(11)12/h9H,3-4H2,1-2H3,(H,11,12). The number of nitrogens with zero attached hydrogens (tertiary/aromatic N) is 1. The van der Waals surface area contributed by atoms with Crippen LogP contribution in [0.25, 0.3) is 0 Å². The maximum atomic E-state index is 10.2. The van der Waals surface area contributed by atoms with E-state index >= 15 is 0 Å². The van der Waals surface area contributed by atoms with Crippen molar-refractivity contribution >= 4 is 11.9 Å². The van der Waals surface area contributed by atoms with Gasteiger partial charge in [0, 0.05) is 13.5 Å². The van der Waals surface area contributed by atoms with Gasteiger partial charge in [-0.3, -0.25) is 4.79 Å². The van der Waals surface area contributed by atoms with Gasteiger partial charge in [-0.2, -0.15) is 0 Å². The number of anilines is 1. The SMILES string of the molecule is Cc1nc(C)c(NCCC(=O)O)o1. The van der Waals surface area contributed by atoms with Gasteiger partial charge in [-0.05, 0) is 6.92 Å². The number of aromatic nitrogens is 1. The van der Waals surface area contributed by atoms with Gasteiger partial charge in [0.1, 0.15) is 5.69 Å². The van der Waals surface area contributed by atoms with Crippen LogP contribution in [0.3, 0.4) is 0 Å². The molecule has 0 aromatic carbocycles. The topological polar surface area (TPSA) is 75.4 Å². The average molecular weight is 184 g/mol. The van der Waals surface area contributed by atoms with E-state index in [4.69, 9.17) is 9.52 Å². The highest BCUT2D eigenvalue weighted by molar-refractivity contribution is 5.67. The lowest BCUT2D eigenvalue weighted by Gasteiger charge is -1.99. The zero-order valence-corrected chi connectivity index (χ0v) is 7.63. The van der Waals surface area contributed by atoms with E-state index in [1.165, 1.54) is 0 Å². The van der Waals surface area contributed by atoms with Crippen LogP contribution in [0.5, 0.6) is 0 Å². The molecule has 0 aliphatic carbocycles. The molecule has 0 radical (unpaired) electrons. The van der Waals surface area contributed by atoms with Crippen molar-refractivity contribution in [3.05, 3.63) is 11.6 Å². The molecule has 5 nitrogen and oxygen atoms in total. The van der Waals surface area contributed by atoms with Crippen LogP contribution in [0, 0.1) is 13.8 Å². The third-order valence-corrected chi connectivity index (χ3v) is 1.53. The molecule has 0 saturated heterocycles. The molecule has 0 bridgehead atoms. The summed E-state index contributed by atoms with van der Waals surface area (Å²) in [6.45, 7) is 3.90. The Balaban J connectivity index is 2.45. The lowest BCUT2D eigenvalue weighted by atomic mass is 10.4. The molecule has 0 atom stereocenters. The largest absolute Gasteiger partial charge is 0.481 e. The van der Waals surface area contributed by atoms with Gasteiger partial charge in [-0.25, -0.2) is 4.98 Å². The van der Waals surface area contributed by atoms with Crippen molar-refractivity contribution in [2.45, 2.75) is 20.3 Å². The van der Waals surface area contributed by atoms with Crippen LogP contribution in [0.1, 0.15) is 18.0 Å². The Morgan fingerprint density at radius 2 is 2.31 bits per heavy atom. The molecule has 0 fully saturated rings. The molecule has 1 heterocycles. The van der Waals surface area contributed by atoms with Crippen molar-refractivity contribution in [1.29, 1.82) is 0 Å². The van der Waals surface area contributed by atoms with Crippen molar-refractivity contribution < 1.29 is 14.3 Å². The van der Waals surface area contributed by atoms with Gasteiger partial charge in [0.2, 0.25) is 5.88 Å². The fourth-order valence-electron chi connectivity index (χ4n) is 0.978. The minimum absolute atomic E-state index is 0.0686. The molecule has 2 N–H and O–H groups in total. The Morgan fingerprint density at radius 1 is 1.62 bits per heavy atom. The fraction of sp³-hybridized carbons (Fsp3) is 0.500. The summed E-state index contributed by atoms with van der Waals surface area (Å²) >= 11 is 0. The Labute approximate surface area is 75.8 Å². The molecule has 13 heavy (non-hydrogen) atoms. The first kappa shape index (κ1) is 9.57. The van der Waals surface area contributed by atoms with Gasteiger partial charge in [-0.1, -0.05) is 0 Å². The first-order chi connectivity index (χ1) is 6.09. The Hall–Kier alpha value is -1.52. The van der Waals surface area contributed by atoms with E-state index in [1.807, 2.05) is 0 Å². The predicted octanol–water partition coefficient (Wildman–Crippen LogP) is 1.18. The van der Waals surface area contributed by atoms with Crippen LogP contribution in [0.2, 0.25) is 0 Å². The molecule has 0 amide bonds. The number of hydrogen-bond acceptors (Lipinski definition) is 4. The number of aryl methyl sites for hydroxylation is 2. The van der Waals surface area contributed by atoms with Gasteiger partial charge >= 0.3 is 5.97 Å². The summed E-state index contributed by atoms with van der Waals surface area (Å²) in [7, 11) is 0. The quantitative estimate of drug-likeness (QED) is 0.734. The number of carbonyl (C=O) groups is 1. The maximum Gasteiger partial charge on any atom is 0.305 e. The summed E-state index contributed by atoms with van der Waals surface area (Å²) in [5.41, 5.74) is 0.753. The van der Waals surface area contributed by atoms with Crippen molar-refractivity contribution in [2.75, 3.05) is 11.9 Å². The van der Waals surface area contributed by atoms with E-state index in [1.54, 1.807) is 13.8 Å². The monoisotopic (exact) mass is 184 g/mol. The number of hydrogen-bond donors (Lipinski definition) is 2. The number of oxazole rings is 1. The molecule has 5 heteroatoms. The summed E-state index contributed by atoms with van der Waals surface area (Å²) < 4.78 is 5.18. The van der Waals surface area contributed by atoms with Crippen LogP contribution in [-0.2, 0) is 4.79 Å². The molecule has 0 spiro atoms. The van der Waals surface area contributed by atoms with Crippen LogP contribution >= 0.6 is 0 Å². The van der Waals surface area contributed by atoms with Gasteiger partial charge in [-0.15, -0.1) is 0 Å². The predicted molar refractivity (Wildman–Crippen MR) is 46.7 cm³/mol. The minimum atomic E-state index is -0.832. The third-order valence-electron chi connectivity index (χ3n) is 1.53. The Bertz CT molecular complexity index is 306. The molecular weight excluding hydrogens is 172 g/mol. The summed E-state index contributed by atoms with van der Waals surface area (Å²) in [6, 6.07) is 0. The molecular formula is C8H12N2O3. The van der Waals surface area contributed by atoms with E-state index in [0.29, 0.717) is 18.3 Å². The average Bonchev–Trinajstić information content (AvgIpc) is 2.29. The smallest absolute Gasteiger partial charge is 0.305 e. The van der Waals surface area contributed by atoms with Crippen LogP contribution in [0.4, 0.5) is 5.88 Å². The second kappa shape index (κ2) is 3.93. The molecule has 1 rings (SSSR count). The van der Waals surface area contributed by atoms with E-state index in [0.717, 1.165) is 5.69 Å². The summed E-state index contributed by atoms with van der Waals surface area (Å²) in [5, 5.41) is 11.2. The highest BCUT2D eigenvalue weighted by Crippen LogP contribution is 2.14. The number of nitrogens with one attached hydrogen (secondary N) is 1. The summed E-state index contributed by atoms with van der Waals surface area (Å²) in [4.78, 5) is 14.2. The van der Waals surface area contributed by atoms with E-state index in [-0.39, 0.29) is 6.42 Å². The zero-order valence-electron chi connectivity index (χ0n) is 7.63. The lowest BCUT2D eigenvalue weighted by Crippen LogP contribution is -2.07. The van der Waals surface area contributed by atoms with Crippen molar-refractivity contribution in [1.82, 2.24) is 4.98 Å². The lowest BCUT2D eigenvalue weighted by molar-refractivity contribution is -0.136. The second-order valence-electron chi connectivity index (χ2n) is 2.72. The molecule has 0 aliphatic rings. The van der Waals surface area contributed by atoms with Gasteiger partial charge in [0.05, 0.1) is 6.42 Å². The van der Waals surface area contributed by atoms with Gasteiger partial charge < -0.3 is 14.8 Å². The Kier molecular flexibility index (Phi) is 2.89. The van der Waals surface area contributed by atoms with Gasteiger partial charge in [0.25, 0.3) is 0 Å². The summed E-state index contributed by atoms with van der Waals surface area (Å²) in [5.74, 6) is 0.301. The van der Waals surface area contributed by atoms with Gasteiger partial charge in [0.15, 0.2) is 5.89 Å². The van der Waals surface area contributed by atoms with E-state index < -0.39 is 5.97 Å². The summed E-state index contributed by atoms with van der Waals surface area (Å²) in [6.07, 6.45) is 0.0686. The maximum absolute atomic E-state index is 10.2. The third kappa shape index (κ3) is 2.77. The number of rotatable bonds is 4. The number of carboxylic acid groups (broad SMARTS) is 1. The molecule has 0 unspecified atom stereocenters. The van der Waals surface area contributed by atoms with E-state index in [2.05, 4.69) is 10.3 Å². The van der Waals surface area contributed by atoms with Crippen LogP contribution in [0.15, 0.2) is 4.42 Å². The molecule has 1 aromatic rings. The van der Waals surface area contributed by atoms with E-state index in [9.17, 15) is 4.79 Å². The van der Waals surface area contributed by atoms with Crippen molar-refractivity contribution in [3.63, 3.8) is 0 Å². The van der Waals surface area contributed by atoms with Crippen molar-refractivity contribution in [2.24, 2.45) is 0 Å². The second-order valence-corrected chi connectivity index (χ2v) is 2.72. The highest BCUT2D eigenvalue weighted by Gasteiger charge is 2.05. The fourth-order valence-corrected chi connectivity index (χ4v) is 0.978. The first-order valence-electron chi connectivity index (χ1n) is 3.99. The van der Waals surface area contributed by atoms with Crippen LogP contribution < -0.4 is 5.32 Å². The molecule has 72 valence electrons. The Morgan fingerprint density at radius 3 is 2.77 bits per heavy atom. The number of carboxylic acids is 1. The first-order valence-corrected chi connectivity index (χ1v) is 3.99. The van der Waals surface area contributed by atoms with Crippen LogP contribution in [-0.4, -0.2) is 22.6 Å². The molecule has 1 aromatic heterocycles. The normalized spacial score (nSPS) is 10.0. The molecule has 0 saturated carbocycles. The molecule has 0 aliphatic heterocycles. The highest BCUT2D eigenvalue weighted by atomic mass is 16.4. The van der Waals surface area contributed by atoms with Crippen molar-refractivity contribution in [3.8, 4) is 0 Å². The number of aliphatic carboxylic acids is 1. The zero-order chi connectivity index (χ0) is 9.84. The minimum Gasteiger partial charge on any atom is -0.481 e.